The van der Waals surface area contributed by atoms with Gasteiger partial charge in [-0.3, -0.25) is 4.79 Å². The fourth-order valence-electron chi connectivity index (χ4n) is 1.69. The first-order valence-corrected chi connectivity index (χ1v) is 7.62. The van der Waals surface area contributed by atoms with Gasteiger partial charge >= 0.3 is 12.6 Å². The van der Waals surface area contributed by atoms with Crippen molar-refractivity contribution in [2.24, 2.45) is 0 Å². The van der Waals surface area contributed by atoms with Crippen LogP contribution < -0.4 is 10.1 Å². The highest BCUT2D eigenvalue weighted by Crippen LogP contribution is 2.26. The van der Waals surface area contributed by atoms with Crippen LogP contribution in [0.15, 0.2) is 28.7 Å². The van der Waals surface area contributed by atoms with Gasteiger partial charge in [0.2, 0.25) is 0 Å². The fraction of sp³-hybridized carbons (Fsp3) is 0.333. The van der Waals surface area contributed by atoms with Crippen LogP contribution >= 0.6 is 15.9 Å². The molecule has 0 radical (unpaired) electrons. The zero-order valence-electron chi connectivity index (χ0n) is 11.9. The zero-order chi connectivity index (χ0) is 16.8. The maximum atomic E-state index is 12.3. The average Bonchev–Trinajstić information content (AvgIpc) is 3.28. The molecule has 2 rings (SSSR count). The van der Waals surface area contributed by atoms with Crippen molar-refractivity contribution in [2.45, 2.75) is 25.5 Å². The molecule has 0 aromatic heterocycles. The van der Waals surface area contributed by atoms with E-state index in [2.05, 4.69) is 26.0 Å². The van der Waals surface area contributed by atoms with Gasteiger partial charge < -0.3 is 14.8 Å². The summed E-state index contributed by atoms with van der Waals surface area (Å²) in [6.07, 6.45) is 4.21. The molecule has 5 nitrogen and oxygen atoms in total. The minimum Gasteiger partial charge on any atom is -0.452 e. The maximum Gasteiger partial charge on any atom is 0.387 e. The summed E-state index contributed by atoms with van der Waals surface area (Å²) in [7, 11) is 0. The van der Waals surface area contributed by atoms with E-state index in [-0.39, 0.29) is 29.9 Å². The first-order valence-electron chi connectivity index (χ1n) is 6.82. The highest BCUT2D eigenvalue weighted by molar-refractivity contribution is 9.10. The summed E-state index contributed by atoms with van der Waals surface area (Å²) in [4.78, 5) is 22.9. The normalized spacial score (nSPS) is 14.1. The standard InChI is InChI=1S/C15H14BrF2NO4/c16-10-2-5-12(23-15(17)18)9(7-10)1-6-14(21)22-8-13(20)19-11-3-4-11/h1-2,5-7,11,15H,3-4,8H2,(H,19,20)/b6-1+. The van der Waals surface area contributed by atoms with Crippen LogP contribution in [0.3, 0.4) is 0 Å². The van der Waals surface area contributed by atoms with Crippen molar-refractivity contribution >= 4 is 33.9 Å². The molecule has 0 unspecified atom stereocenters. The number of benzene rings is 1. The van der Waals surface area contributed by atoms with Crippen molar-refractivity contribution in [3.63, 3.8) is 0 Å². The van der Waals surface area contributed by atoms with Crippen LogP contribution in [-0.2, 0) is 14.3 Å². The van der Waals surface area contributed by atoms with Crippen LogP contribution in [0.5, 0.6) is 5.75 Å². The lowest BCUT2D eigenvalue weighted by atomic mass is 10.2. The lowest BCUT2D eigenvalue weighted by Gasteiger charge is -2.08. The molecule has 1 fully saturated rings. The molecule has 1 aromatic carbocycles. The second kappa shape index (κ2) is 8.05. The van der Waals surface area contributed by atoms with Crippen LogP contribution in [0.1, 0.15) is 18.4 Å². The minimum absolute atomic E-state index is 0.0706. The van der Waals surface area contributed by atoms with Gasteiger partial charge in [0.05, 0.1) is 0 Å². The quantitative estimate of drug-likeness (QED) is 0.575. The molecule has 1 aromatic rings. The lowest BCUT2D eigenvalue weighted by molar-refractivity contribution is -0.143. The van der Waals surface area contributed by atoms with Crippen LogP contribution in [0.25, 0.3) is 6.08 Å². The molecule has 1 amide bonds. The van der Waals surface area contributed by atoms with Gasteiger partial charge in [-0.05, 0) is 37.1 Å². The third-order valence-corrected chi connectivity index (χ3v) is 3.37. The van der Waals surface area contributed by atoms with E-state index in [4.69, 9.17) is 4.74 Å². The number of hydrogen-bond donors (Lipinski definition) is 1. The number of ether oxygens (including phenoxy) is 2. The highest BCUT2D eigenvalue weighted by Gasteiger charge is 2.23. The molecular weight excluding hydrogens is 376 g/mol. The molecule has 1 aliphatic carbocycles. The predicted molar refractivity (Wildman–Crippen MR) is 81.9 cm³/mol. The van der Waals surface area contributed by atoms with Crippen molar-refractivity contribution in [1.29, 1.82) is 0 Å². The molecule has 124 valence electrons. The van der Waals surface area contributed by atoms with E-state index in [1.807, 2.05) is 0 Å². The Morgan fingerprint density at radius 3 is 2.78 bits per heavy atom. The monoisotopic (exact) mass is 389 g/mol. The molecule has 8 heteroatoms. The number of esters is 1. The van der Waals surface area contributed by atoms with E-state index < -0.39 is 12.6 Å². The van der Waals surface area contributed by atoms with Gasteiger partial charge in [0.15, 0.2) is 6.61 Å². The van der Waals surface area contributed by atoms with Crippen molar-refractivity contribution in [3.05, 3.63) is 34.3 Å². The Morgan fingerprint density at radius 1 is 1.39 bits per heavy atom. The van der Waals surface area contributed by atoms with Crippen molar-refractivity contribution in [2.75, 3.05) is 6.61 Å². The Balaban J connectivity index is 1.91. The second-order valence-electron chi connectivity index (χ2n) is 4.84. The van der Waals surface area contributed by atoms with Gasteiger partial charge in [-0.2, -0.15) is 8.78 Å². The number of amides is 1. The van der Waals surface area contributed by atoms with Crippen molar-refractivity contribution in [1.82, 2.24) is 5.32 Å². The lowest BCUT2D eigenvalue weighted by Crippen LogP contribution is -2.30. The number of nitrogens with one attached hydrogen (secondary N) is 1. The average molecular weight is 390 g/mol. The Morgan fingerprint density at radius 2 is 2.13 bits per heavy atom. The van der Waals surface area contributed by atoms with Gasteiger partial charge in [0.25, 0.3) is 5.91 Å². The van der Waals surface area contributed by atoms with Gasteiger partial charge in [-0.1, -0.05) is 15.9 Å². The molecule has 0 saturated heterocycles. The largest absolute Gasteiger partial charge is 0.452 e. The third kappa shape index (κ3) is 6.35. The fourth-order valence-corrected chi connectivity index (χ4v) is 2.07. The Kier molecular flexibility index (Phi) is 6.09. The van der Waals surface area contributed by atoms with Gasteiger partial charge in [-0.15, -0.1) is 0 Å². The molecule has 23 heavy (non-hydrogen) atoms. The Bertz CT molecular complexity index is 617. The summed E-state index contributed by atoms with van der Waals surface area (Å²) >= 11 is 3.20. The van der Waals surface area contributed by atoms with Gasteiger partial charge in [0, 0.05) is 22.2 Å². The smallest absolute Gasteiger partial charge is 0.387 e. The van der Waals surface area contributed by atoms with Crippen molar-refractivity contribution < 1.29 is 27.8 Å². The third-order valence-electron chi connectivity index (χ3n) is 2.87. The summed E-state index contributed by atoms with van der Waals surface area (Å²) in [5, 5.41) is 2.67. The van der Waals surface area contributed by atoms with Gasteiger partial charge in [-0.25, -0.2) is 4.79 Å². The number of hydrogen-bond acceptors (Lipinski definition) is 4. The molecule has 1 saturated carbocycles. The molecular formula is C15H14BrF2NO4. The summed E-state index contributed by atoms with van der Waals surface area (Å²) in [6.45, 7) is -3.35. The Labute approximate surface area is 139 Å². The predicted octanol–water partition coefficient (Wildman–Crippen LogP) is 2.89. The van der Waals surface area contributed by atoms with Gasteiger partial charge in [0.1, 0.15) is 5.75 Å². The van der Waals surface area contributed by atoms with Crippen LogP contribution in [-0.4, -0.2) is 31.1 Å². The summed E-state index contributed by atoms with van der Waals surface area (Å²) < 4.78 is 34.4. The van der Waals surface area contributed by atoms with E-state index in [1.54, 1.807) is 0 Å². The molecule has 0 heterocycles. The summed E-state index contributed by atoms with van der Waals surface area (Å²) in [5.74, 6) is -1.18. The number of alkyl halides is 2. The summed E-state index contributed by atoms with van der Waals surface area (Å²) in [6, 6.07) is 4.59. The first-order chi connectivity index (χ1) is 10.9. The number of carbonyl (C=O) groups is 2. The first kappa shape index (κ1) is 17.4. The molecule has 0 spiro atoms. The van der Waals surface area contributed by atoms with E-state index in [1.165, 1.54) is 24.3 Å². The molecule has 0 atom stereocenters. The number of halogens is 3. The molecule has 1 aliphatic rings. The van der Waals surface area contributed by atoms with E-state index >= 15 is 0 Å². The van der Waals surface area contributed by atoms with Crippen LogP contribution in [0, 0.1) is 0 Å². The SMILES string of the molecule is O=C(COC(=O)/C=C/c1cc(Br)ccc1OC(F)F)NC1CC1. The number of carbonyl (C=O) groups excluding carboxylic acids is 2. The topological polar surface area (TPSA) is 64.6 Å². The van der Waals surface area contributed by atoms with E-state index in [9.17, 15) is 18.4 Å². The minimum atomic E-state index is -2.97. The molecule has 0 aliphatic heterocycles. The van der Waals surface area contributed by atoms with E-state index in [0.29, 0.717) is 4.47 Å². The summed E-state index contributed by atoms with van der Waals surface area (Å²) in [5.41, 5.74) is 0.277. The molecule has 0 bridgehead atoms. The second-order valence-corrected chi connectivity index (χ2v) is 5.76. The van der Waals surface area contributed by atoms with Crippen LogP contribution in [0.2, 0.25) is 0 Å². The Hall–Kier alpha value is -1.96. The van der Waals surface area contributed by atoms with Crippen LogP contribution in [0.4, 0.5) is 8.78 Å². The zero-order valence-corrected chi connectivity index (χ0v) is 13.5. The number of rotatable bonds is 7. The van der Waals surface area contributed by atoms with E-state index in [0.717, 1.165) is 18.9 Å². The van der Waals surface area contributed by atoms with Crippen molar-refractivity contribution in [3.8, 4) is 5.75 Å². The maximum absolute atomic E-state index is 12.3. The highest BCUT2D eigenvalue weighted by atomic mass is 79.9. The molecule has 1 N–H and O–H groups in total.